The van der Waals surface area contributed by atoms with Crippen LogP contribution in [0.25, 0.3) is 10.3 Å². The molecule has 1 saturated heterocycles. The van der Waals surface area contributed by atoms with Gasteiger partial charge in [-0.05, 0) is 50.8 Å². The highest BCUT2D eigenvalue weighted by molar-refractivity contribution is 7.22. The maximum Gasteiger partial charge on any atom is 0.273 e. The van der Waals surface area contributed by atoms with E-state index in [1.807, 2.05) is 43.9 Å². The third-order valence-electron chi connectivity index (χ3n) is 5.98. The van der Waals surface area contributed by atoms with Gasteiger partial charge in [0.1, 0.15) is 17.6 Å². The van der Waals surface area contributed by atoms with Crippen molar-refractivity contribution >= 4 is 44.3 Å². The van der Waals surface area contributed by atoms with Crippen molar-refractivity contribution < 1.29 is 9.59 Å². The largest absolute Gasteiger partial charge is 0.356 e. The third kappa shape index (κ3) is 4.90. The average molecular weight is 469 g/mol. The molecule has 9 nitrogen and oxygen atoms in total. The molecule has 2 aromatic heterocycles. The van der Waals surface area contributed by atoms with Crippen LogP contribution in [-0.2, 0) is 16.1 Å². The highest BCUT2D eigenvalue weighted by atomic mass is 32.1. The second-order valence-electron chi connectivity index (χ2n) is 8.30. The number of hydrogen-bond acceptors (Lipinski definition) is 7. The standard InChI is InChI=1S/C23H28N6O3S/c1-4-24-21(31)16-8-6-10-28(11-16)23-27-20-19(33-23)22(32)29(13-25-20)12-18(30)26-17-9-5-7-14(2)15(17)3/h5,7,9,13,16H,4,6,8,10-12H2,1-3H3,(H,24,31)(H,26,30)/t16-/m0/s1. The Balaban J connectivity index is 1.51. The first-order valence-electron chi connectivity index (χ1n) is 11.1. The summed E-state index contributed by atoms with van der Waals surface area (Å²) >= 11 is 1.26. The van der Waals surface area contributed by atoms with Gasteiger partial charge in [-0.1, -0.05) is 23.5 Å². The van der Waals surface area contributed by atoms with Crippen LogP contribution in [0, 0.1) is 19.8 Å². The molecule has 1 aromatic carbocycles. The molecule has 4 rings (SSSR count). The van der Waals surface area contributed by atoms with E-state index in [0.29, 0.717) is 28.6 Å². The van der Waals surface area contributed by atoms with Gasteiger partial charge in [0.05, 0.1) is 5.92 Å². The van der Waals surface area contributed by atoms with Crippen LogP contribution >= 0.6 is 11.3 Å². The fraction of sp³-hybridized carbons (Fsp3) is 0.435. The number of fused-ring (bicyclic) bond motifs is 1. The van der Waals surface area contributed by atoms with Crippen molar-refractivity contribution in [3.63, 3.8) is 0 Å². The van der Waals surface area contributed by atoms with E-state index in [2.05, 4.69) is 20.6 Å². The molecule has 0 bridgehead atoms. The third-order valence-corrected chi connectivity index (χ3v) is 7.07. The van der Waals surface area contributed by atoms with Crippen LogP contribution in [0.4, 0.5) is 10.8 Å². The van der Waals surface area contributed by atoms with E-state index < -0.39 is 0 Å². The van der Waals surface area contributed by atoms with E-state index in [1.54, 1.807) is 0 Å². The molecule has 1 aliphatic rings. The molecular weight excluding hydrogens is 440 g/mol. The minimum absolute atomic E-state index is 0.0543. The van der Waals surface area contributed by atoms with E-state index in [1.165, 1.54) is 22.2 Å². The Kier molecular flexibility index (Phi) is 6.73. The number of piperidine rings is 1. The minimum Gasteiger partial charge on any atom is -0.356 e. The average Bonchev–Trinajstić information content (AvgIpc) is 3.24. The molecule has 0 radical (unpaired) electrons. The van der Waals surface area contributed by atoms with Crippen LogP contribution in [0.1, 0.15) is 30.9 Å². The van der Waals surface area contributed by atoms with Gasteiger partial charge in [0, 0.05) is 25.3 Å². The molecule has 174 valence electrons. The Morgan fingerprint density at radius 1 is 1.27 bits per heavy atom. The van der Waals surface area contributed by atoms with Gasteiger partial charge in [0.15, 0.2) is 10.8 Å². The van der Waals surface area contributed by atoms with Crippen molar-refractivity contribution in [2.45, 2.75) is 40.2 Å². The molecular formula is C23H28N6O3S. The maximum atomic E-state index is 13.0. The fourth-order valence-electron chi connectivity index (χ4n) is 4.00. The van der Waals surface area contributed by atoms with Crippen molar-refractivity contribution in [3.05, 3.63) is 46.0 Å². The van der Waals surface area contributed by atoms with E-state index in [9.17, 15) is 14.4 Å². The summed E-state index contributed by atoms with van der Waals surface area (Å²) in [5.41, 5.74) is 2.88. The molecule has 0 spiro atoms. The van der Waals surface area contributed by atoms with Crippen LogP contribution in [0.15, 0.2) is 29.3 Å². The summed E-state index contributed by atoms with van der Waals surface area (Å²) in [5.74, 6) is -0.333. The number of carbonyl (C=O) groups excluding carboxylic acids is 2. The predicted octanol–water partition coefficient (Wildman–Crippen LogP) is 2.46. The zero-order chi connectivity index (χ0) is 23.5. The number of aryl methyl sites for hydroxylation is 1. The molecule has 1 aliphatic heterocycles. The van der Waals surface area contributed by atoms with Gasteiger partial charge < -0.3 is 15.5 Å². The summed E-state index contributed by atoms with van der Waals surface area (Å²) in [6, 6.07) is 5.70. The number of aromatic nitrogens is 3. The van der Waals surface area contributed by atoms with Crippen LogP contribution in [-0.4, -0.2) is 46.0 Å². The van der Waals surface area contributed by atoms with Gasteiger partial charge in [0.2, 0.25) is 11.8 Å². The number of thiazole rings is 1. The highest BCUT2D eigenvalue weighted by Crippen LogP contribution is 2.29. The first-order chi connectivity index (χ1) is 15.9. The summed E-state index contributed by atoms with van der Waals surface area (Å²) < 4.78 is 1.71. The second kappa shape index (κ2) is 9.70. The Hall–Kier alpha value is -3.27. The Morgan fingerprint density at radius 3 is 2.88 bits per heavy atom. The van der Waals surface area contributed by atoms with Gasteiger partial charge in [-0.15, -0.1) is 0 Å². The lowest BCUT2D eigenvalue weighted by molar-refractivity contribution is -0.125. The van der Waals surface area contributed by atoms with Gasteiger partial charge >= 0.3 is 0 Å². The molecule has 2 amide bonds. The van der Waals surface area contributed by atoms with Crippen molar-refractivity contribution in [1.29, 1.82) is 0 Å². The summed E-state index contributed by atoms with van der Waals surface area (Å²) in [5, 5.41) is 6.44. The molecule has 33 heavy (non-hydrogen) atoms. The van der Waals surface area contributed by atoms with E-state index in [4.69, 9.17) is 0 Å². The van der Waals surface area contributed by atoms with E-state index in [0.717, 1.165) is 36.2 Å². The Bertz CT molecular complexity index is 1250. The van der Waals surface area contributed by atoms with Crippen molar-refractivity contribution in [2.24, 2.45) is 5.92 Å². The smallest absolute Gasteiger partial charge is 0.273 e. The minimum atomic E-state index is -0.294. The molecule has 3 heterocycles. The number of nitrogens with zero attached hydrogens (tertiary/aromatic N) is 4. The summed E-state index contributed by atoms with van der Waals surface area (Å²) in [7, 11) is 0. The number of hydrogen-bond donors (Lipinski definition) is 2. The van der Waals surface area contributed by atoms with E-state index in [-0.39, 0.29) is 29.8 Å². The maximum absolute atomic E-state index is 13.0. The molecule has 0 saturated carbocycles. The molecule has 0 aliphatic carbocycles. The SMILES string of the molecule is CCNC(=O)[C@H]1CCCN(c2nc3ncn(CC(=O)Nc4cccc(C)c4C)c(=O)c3s2)C1. The monoisotopic (exact) mass is 468 g/mol. The van der Waals surface area contributed by atoms with Crippen LogP contribution in [0.5, 0.6) is 0 Å². The topological polar surface area (TPSA) is 109 Å². The summed E-state index contributed by atoms with van der Waals surface area (Å²) in [6.07, 6.45) is 3.09. The zero-order valence-electron chi connectivity index (χ0n) is 19.1. The predicted molar refractivity (Wildman–Crippen MR) is 130 cm³/mol. The van der Waals surface area contributed by atoms with Gasteiger partial charge in [-0.3, -0.25) is 19.0 Å². The quantitative estimate of drug-likeness (QED) is 0.575. The van der Waals surface area contributed by atoms with Gasteiger partial charge in [0.25, 0.3) is 5.56 Å². The molecule has 1 fully saturated rings. The number of amides is 2. The lowest BCUT2D eigenvalue weighted by Gasteiger charge is -2.31. The van der Waals surface area contributed by atoms with Crippen LogP contribution < -0.4 is 21.1 Å². The number of benzene rings is 1. The van der Waals surface area contributed by atoms with Crippen molar-refractivity contribution in [1.82, 2.24) is 19.9 Å². The first-order valence-corrected chi connectivity index (χ1v) is 11.9. The van der Waals surface area contributed by atoms with Crippen molar-refractivity contribution in [2.75, 3.05) is 29.9 Å². The number of rotatable bonds is 6. The van der Waals surface area contributed by atoms with Crippen LogP contribution in [0.2, 0.25) is 0 Å². The number of carbonyl (C=O) groups is 2. The van der Waals surface area contributed by atoms with Gasteiger partial charge in [-0.2, -0.15) is 4.98 Å². The molecule has 3 aromatic rings. The molecule has 1 atom stereocenters. The summed E-state index contributed by atoms with van der Waals surface area (Å²) in [6.45, 7) is 7.66. The number of anilines is 2. The Morgan fingerprint density at radius 2 is 2.09 bits per heavy atom. The fourth-order valence-corrected chi connectivity index (χ4v) is 5.00. The zero-order valence-corrected chi connectivity index (χ0v) is 19.9. The molecule has 2 N–H and O–H groups in total. The van der Waals surface area contributed by atoms with Crippen LogP contribution in [0.3, 0.4) is 0 Å². The first kappa shape index (κ1) is 22.9. The molecule has 10 heteroatoms. The summed E-state index contributed by atoms with van der Waals surface area (Å²) in [4.78, 5) is 48.8. The Labute approximate surface area is 195 Å². The lowest BCUT2D eigenvalue weighted by atomic mass is 9.97. The van der Waals surface area contributed by atoms with E-state index >= 15 is 0 Å². The normalized spacial score (nSPS) is 16.1. The lowest BCUT2D eigenvalue weighted by Crippen LogP contribution is -2.43. The second-order valence-corrected chi connectivity index (χ2v) is 9.28. The van der Waals surface area contributed by atoms with Gasteiger partial charge in [-0.25, -0.2) is 4.98 Å². The number of nitrogens with one attached hydrogen (secondary N) is 2. The van der Waals surface area contributed by atoms with Crippen molar-refractivity contribution in [3.8, 4) is 0 Å². The molecule has 0 unspecified atom stereocenters. The highest BCUT2D eigenvalue weighted by Gasteiger charge is 2.27.